The van der Waals surface area contributed by atoms with E-state index in [1.165, 1.54) is 11.5 Å². The summed E-state index contributed by atoms with van der Waals surface area (Å²) in [6.45, 7) is 0.752. The molecule has 2 saturated carbocycles. The Hall–Kier alpha value is -1.21. The van der Waals surface area contributed by atoms with Crippen LogP contribution < -0.4 is 5.32 Å². The number of carbonyl (C=O) groups is 1. The topological polar surface area (TPSA) is 78.4 Å². The van der Waals surface area contributed by atoms with Crippen LogP contribution in [0.25, 0.3) is 0 Å². The second kappa shape index (κ2) is 4.14. The number of nitrogens with one attached hydrogen (secondary N) is 1. The molecule has 0 aromatic carbocycles. The van der Waals surface area contributed by atoms with Gasteiger partial charge in [0.2, 0.25) is 5.13 Å². The number of piperidine rings is 1. The minimum absolute atomic E-state index is 0.0131. The zero-order valence-electron chi connectivity index (χ0n) is 10.5. The van der Waals surface area contributed by atoms with Crippen LogP contribution in [0.5, 0.6) is 0 Å². The Balaban J connectivity index is 1.43. The molecule has 3 aliphatic rings. The second-order valence-corrected chi connectivity index (χ2v) is 6.54. The predicted molar refractivity (Wildman–Crippen MR) is 70.1 cm³/mol. The van der Waals surface area contributed by atoms with E-state index in [4.69, 9.17) is 0 Å². The van der Waals surface area contributed by atoms with Gasteiger partial charge < -0.3 is 10.0 Å². The second-order valence-electron chi connectivity index (χ2n) is 5.79. The molecule has 3 atom stereocenters. The lowest BCUT2D eigenvalue weighted by Crippen LogP contribution is -2.46. The third-order valence-corrected chi connectivity index (χ3v) is 4.95. The predicted octanol–water partition coefficient (Wildman–Crippen LogP) is 1.40. The molecule has 0 radical (unpaired) electrons. The summed E-state index contributed by atoms with van der Waals surface area (Å²) in [5, 5.41) is 13.2. The van der Waals surface area contributed by atoms with Gasteiger partial charge in [0.15, 0.2) is 0 Å². The molecule has 1 saturated heterocycles. The first kappa shape index (κ1) is 11.6. The molecule has 3 fully saturated rings. The Morgan fingerprint density at radius 2 is 2.26 bits per heavy atom. The van der Waals surface area contributed by atoms with Crippen molar-refractivity contribution in [3.05, 3.63) is 5.82 Å². The molecule has 0 unspecified atom stereocenters. The summed E-state index contributed by atoms with van der Waals surface area (Å²) in [4.78, 5) is 18.3. The third-order valence-electron chi connectivity index (χ3n) is 4.31. The molecular weight excluding hydrogens is 264 g/mol. The van der Waals surface area contributed by atoms with Gasteiger partial charge in [-0.3, -0.25) is 5.32 Å². The van der Waals surface area contributed by atoms with E-state index in [9.17, 15) is 9.90 Å². The normalized spacial score (nSPS) is 32.9. The van der Waals surface area contributed by atoms with Crippen molar-refractivity contribution in [3.8, 4) is 0 Å². The smallest absolute Gasteiger partial charge is 0.324 e. The molecule has 102 valence electrons. The fourth-order valence-corrected chi connectivity index (χ4v) is 3.82. The van der Waals surface area contributed by atoms with Crippen molar-refractivity contribution >= 4 is 22.7 Å². The van der Waals surface area contributed by atoms with Crippen LogP contribution in [0.15, 0.2) is 0 Å². The number of urea groups is 1. The lowest BCUT2D eigenvalue weighted by molar-refractivity contribution is 0.0766. The van der Waals surface area contributed by atoms with Crippen LogP contribution in [-0.4, -0.2) is 44.1 Å². The minimum Gasteiger partial charge on any atom is -0.391 e. The molecule has 0 spiro atoms. The number of aliphatic hydroxyl groups excluding tert-OH is 1. The maximum absolute atomic E-state index is 12.2. The van der Waals surface area contributed by atoms with Gasteiger partial charge in [-0.25, -0.2) is 9.78 Å². The van der Waals surface area contributed by atoms with E-state index in [-0.39, 0.29) is 18.2 Å². The van der Waals surface area contributed by atoms with E-state index in [2.05, 4.69) is 14.7 Å². The van der Waals surface area contributed by atoms with Gasteiger partial charge >= 0.3 is 6.03 Å². The van der Waals surface area contributed by atoms with Crippen molar-refractivity contribution < 1.29 is 9.90 Å². The summed E-state index contributed by atoms with van der Waals surface area (Å²) in [7, 11) is 0. The Kier molecular flexibility index (Phi) is 2.53. The molecule has 1 aliphatic heterocycles. The molecule has 4 rings (SSSR count). The zero-order valence-corrected chi connectivity index (χ0v) is 11.3. The maximum atomic E-state index is 12.2. The molecule has 1 aromatic heterocycles. The number of anilines is 1. The van der Waals surface area contributed by atoms with Crippen molar-refractivity contribution in [1.29, 1.82) is 0 Å². The highest BCUT2D eigenvalue weighted by molar-refractivity contribution is 7.09. The van der Waals surface area contributed by atoms with Crippen LogP contribution in [0.4, 0.5) is 9.93 Å². The summed E-state index contributed by atoms with van der Waals surface area (Å²) >= 11 is 1.24. The SMILES string of the molecule is O=C(Nc1nc(C2CC2)ns1)N1C[C@@H]2C[C@@H](O)[C@H]1C2. The van der Waals surface area contributed by atoms with Crippen LogP contribution >= 0.6 is 11.5 Å². The Morgan fingerprint density at radius 3 is 2.95 bits per heavy atom. The van der Waals surface area contributed by atoms with Gasteiger partial charge in [0.1, 0.15) is 5.82 Å². The number of likely N-dealkylation sites (tertiary alicyclic amines) is 1. The van der Waals surface area contributed by atoms with E-state index >= 15 is 0 Å². The standard InChI is InChI=1S/C12H16N4O2S/c17-9-4-6-3-8(9)16(5-6)12(18)14-11-13-10(15-19-11)7-1-2-7/h6-9,17H,1-5H2,(H,13,14,15,18)/t6-,8+,9+/m0/s1. The minimum atomic E-state index is -0.360. The number of fused-ring (bicyclic) bond motifs is 2. The first-order chi connectivity index (χ1) is 9.20. The number of carbonyl (C=O) groups excluding carboxylic acids is 1. The van der Waals surface area contributed by atoms with E-state index in [0.717, 1.165) is 38.1 Å². The number of aliphatic hydroxyl groups is 1. The summed E-state index contributed by atoms with van der Waals surface area (Å²) < 4.78 is 4.27. The van der Waals surface area contributed by atoms with Crippen LogP contribution in [0.2, 0.25) is 0 Å². The molecule has 7 heteroatoms. The van der Waals surface area contributed by atoms with Gasteiger partial charge in [0.25, 0.3) is 0 Å². The monoisotopic (exact) mass is 280 g/mol. The molecule has 19 heavy (non-hydrogen) atoms. The fraction of sp³-hybridized carbons (Fsp3) is 0.750. The number of hydrogen-bond acceptors (Lipinski definition) is 5. The van der Waals surface area contributed by atoms with Gasteiger partial charge in [-0.1, -0.05) is 0 Å². The number of rotatable bonds is 2. The van der Waals surface area contributed by atoms with Crippen molar-refractivity contribution in [3.63, 3.8) is 0 Å². The average molecular weight is 280 g/mol. The first-order valence-corrected chi connectivity index (χ1v) is 7.57. The average Bonchev–Trinajstić information content (AvgIpc) is 2.83. The quantitative estimate of drug-likeness (QED) is 0.858. The highest BCUT2D eigenvalue weighted by atomic mass is 32.1. The van der Waals surface area contributed by atoms with Gasteiger partial charge in [-0.05, 0) is 31.6 Å². The summed E-state index contributed by atoms with van der Waals surface area (Å²) in [6, 6.07) is -0.162. The molecular formula is C12H16N4O2S. The summed E-state index contributed by atoms with van der Waals surface area (Å²) in [5.74, 6) is 1.83. The Labute approximate surface area is 115 Å². The van der Waals surface area contributed by atoms with Crippen molar-refractivity contribution in [1.82, 2.24) is 14.3 Å². The Morgan fingerprint density at radius 1 is 1.42 bits per heavy atom. The van der Waals surface area contributed by atoms with Crippen molar-refractivity contribution in [2.45, 2.75) is 43.7 Å². The van der Waals surface area contributed by atoms with E-state index in [0.29, 0.717) is 17.0 Å². The molecule has 2 N–H and O–H groups in total. The number of hydrogen-bond donors (Lipinski definition) is 2. The fourth-order valence-electron chi connectivity index (χ4n) is 3.18. The molecule has 2 bridgehead atoms. The van der Waals surface area contributed by atoms with Crippen LogP contribution in [0, 0.1) is 5.92 Å². The summed E-state index contributed by atoms with van der Waals surface area (Å²) in [6.07, 6.45) is 3.72. The van der Waals surface area contributed by atoms with Crippen molar-refractivity contribution in [2.75, 3.05) is 11.9 Å². The first-order valence-electron chi connectivity index (χ1n) is 6.80. The summed E-state index contributed by atoms with van der Waals surface area (Å²) in [5.41, 5.74) is 0. The lowest BCUT2D eigenvalue weighted by atomic mass is 10.1. The molecule has 2 aliphatic carbocycles. The highest BCUT2D eigenvalue weighted by Crippen LogP contribution is 2.40. The molecule has 2 heterocycles. The van der Waals surface area contributed by atoms with Crippen molar-refractivity contribution in [2.24, 2.45) is 5.92 Å². The van der Waals surface area contributed by atoms with Gasteiger partial charge in [-0.15, -0.1) is 0 Å². The molecule has 1 aromatic rings. The highest BCUT2D eigenvalue weighted by Gasteiger charge is 2.46. The number of aromatic nitrogens is 2. The molecule has 2 amide bonds. The Bertz CT molecular complexity index is 516. The number of nitrogens with zero attached hydrogens (tertiary/aromatic N) is 3. The largest absolute Gasteiger partial charge is 0.391 e. The van der Waals surface area contributed by atoms with Gasteiger partial charge in [0, 0.05) is 24.0 Å². The number of amides is 2. The van der Waals surface area contributed by atoms with E-state index in [1.807, 2.05) is 0 Å². The van der Waals surface area contributed by atoms with Crippen LogP contribution in [-0.2, 0) is 0 Å². The van der Waals surface area contributed by atoms with Crippen LogP contribution in [0.3, 0.4) is 0 Å². The van der Waals surface area contributed by atoms with Crippen LogP contribution in [0.1, 0.15) is 37.4 Å². The van der Waals surface area contributed by atoms with Gasteiger partial charge in [0.05, 0.1) is 12.1 Å². The van der Waals surface area contributed by atoms with E-state index in [1.54, 1.807) is 4.90 Å². The lowest BCUT2D eigenvalue weighted by Gasteiger charge is -2.30. The van der Waals surface area contributed by atoms with Gasteiger partial charge in [-0.2, -0.15) is 4.37 Å². The maximum Gasteiger partial charge on any atom is 0.324 e. The third kappa shape index (κ3) is 2.01. The zero-order chi connectivity index (χ0) is 13.0. The molecule has 6 nitrogen and oxygen atoms in total. The van der Waals surface area contributed by atoms with E-state index < -0.39 is 0 Å².